The molecule has 6 heteroatoms. The van der Waals surface area contributed by atoms with Gasteiger partial charge in [-0.1, -0.05) is 42.1 Å². The lowest BCUT2D eigenvalue weighted by Crippen LogP contribution is -2.39. The minimum atomic E-state index is -0.276. The highest BCUT2D eigenvalue weighted by Gasteiger charge is 2.23. The van der Waals surface area contributed by atoms with Crippen LogP contribution < -0.4 is 0 Å². The van der Waals surface area contributed by atoms with Gasteiger partial charge < -0.3 is 4.90 Å². The summed E-state index contributed by atoms with van der Waals surface area (Å²) in [6.45, 7) is 1.65. The van der Waals surface area contributed by atoms with Gasteiger partial charge in [0.2, 0.25) is 5.91 Å². The number of aromatic nitrogens is 2. The van der Waals surface area contributed by atoms with Gasteiger partial charge in [0.1, 0.15) is 10.8 Å². The van der Waals surface area contributed by atoms with Crippen molar-refractivity contribution in [2.45, 2.75) is 24.3 Å². The highest BCUT2D eigenvalue weighted by molar-refractivity contribution is 7.99. The first-order valence-corrected chi connectivity index (χ1v) is 11.2. The second-order valence-electron chi connectivity index (χ2n) is 7.57. The predicted molar refractivity (Wildman–Crippen MR) is 118 cm³/mol. The number of piperidine rings is 1. The number of nitrogens with zero attached hydrogens (tertiary/aromatic N) is 3. The number of likely N-dealkylation sites (tertiary alicyclic amines) is 1. The van der Waals surface area contributed by atoms with E-state index in [4.69, 9.17) is 0 Å². The van der Waals surface area contributed by atoms with E-state index in [1.54, 1.807) is 12.1 Å². The van der Waals surface area contributed by atoms with Gasteiger partial charge in [0.05, 0.1) is 11.4 Å². The van der Waals surface area contributed by atoms with Gasteiger partial charge in [0, 0.05) is 18.7 Å². The third-order valence-corrected chi connectivity index (χ3v) is 6.36. The number of carbonyl (C=O) groups excluding carboxylic acids is 1. The van der Waals surface area contributed by atoms with Crippen LogP contribution in [0.15, 0.2) is 71.8 Å². The number of amides is 1. The Kier molecular flexibility index (Phi) is 6.74. The van der Waals surface area contributed by atoms with Gasteiger partial charge in [-0.2, -0.15) is 0 Å². The molecule has 0 N–H and O–H groups in total. The maximum absolute atomic E-state index is 13.0. The van der Waals surface area contributed by atoms with Crippen LogP contribution in [0.4, 0.5) is 4.39 Å². The minimum absolute atomic E-state index is 0.155. The first-order valence-electron chi connectivity index (χ1n) is 10.2. The van der Waals surface area contributed by atoms with Crippen molar-refractivity contribution in [3.63, 3.8) is 0 Å². The van der Waals surface area contributed by atoms with Crippen molar-refractivity contribution in [3.8, 4) is 11.3 Å². The second-order valence-corrected chi connectivity index (χ2v) is 8.56. The Morgan fingerprint density at radius 2 is 1.70 bits per heavy atom. The quantitative estimate of drug-likeness (QED) is 0.534. The van der Waals surface area contributed by atoms with E-state index >= 15 is 0 Å². The zero-order valence-corrected chi connectivity index (χ0v) is 17.5. The van der Waals surface area contributed by atoms with E-state index in [1.165, 1.54) is 29.5 Å². The number of hydrogen-bond acceptors (Lipinski definition) is 4. The molecule has 1 aliphatic heterocycles. The lowest BCUT2D eigenvalue weighted by molar-refractivity contribution is -0.129. The third-order valence-electron chi connectivity index (χ3n) is 5.46. The summed E-state index contributed by atoms with van der Waals surface area (Å²) >= 11 is 1.41. The number of thioether (sulfide) groups is 1. The summed E-state index contributed by atoms with van der Waals surface area (Å²) in [6, 6.07) is 20.4. The SMILES string of the molecule is O=C(CSc1ccc(-c2ccc(F)cc2)nn1)N1CCC(Cc2ccccc2)CC1. The van der Waals surface area contributed by atoms with E-state index in [-0.39, 0.29) is 11.7 Å². The molecule has 4 nitrogen and oxygen atoms in total. The molecule has 4 rings (SSSR count). The van der Waals surface area contributed by atoms with E-state index < -0.39 is 0 Å². The Bertz CT molecular complexity index is 956. The van der Waals surface area contributed by atoms with Crippen molar-refractivity contribution in [1.82, 2.24) is 15.1 Å². The van der Waals surface area contributed by atoms with Crippen LogP contribution in [-0.4, -0.2) is 39.8 Å². The molecule has 2 aromatic carbocycles. The van der Waals surface area contributed by atoms with Crippen molar-refractivity contribution in [2.24, 2.45) is 5.92 Å². The van der Waals surface area contributed by atoms with Crippen LogP contribution >= 0.6 is 11.8 Å². The van der Waals surface area contributed by atoms with Crippen LogP contribution in [-0.2, 0) is 11.2 Å². The van der Waals surface area contributed by atoms with Gasteiger partial charge in [-0.15, -0.1) is 10.2 Å². The standard InChI is InChI=1S/C24H24FN3OS/c25-21-8-6-20(7-9-21)22-10-11-23(27-26-22)30-17-24(29)28-14-12-19(13-15-28)16-18-4-2-1-3-5-18/h1-11,19H,12-17H2. The summed E-state index contributed by atoms with van der Waals surface area (Å²) < 4.78 is 13.0. The highest BCUT2D eigenvalue weighted by Crippen LogP contribution is 2.24. The number of benzene rings is 2. The van der Waals surface area contributed by atoms with Crippen LogP contribution in [0.2, 0.25) is 0 Å². The van der Waals surface area contributed by atoms with E-state index in [1.807, 2.05) is 23.1 Å². The molecule has 1 saturated heterocycles. The van der Waals surface area contributed by atoms with E-state index in [9.17, 15) is 9.18 Å². The lowest BCUT2D eigenvalue weighted by Gasteiger charge is -2.32. The molecule has 1 aliphatic rings. The molecule has 1 aromatic heterocycles. The van der Waals surface area contributed by atoms with Crippen molar-refractivity contribution >= 4 is 17.7 Å². The van der Waals surface area contributed by atoms with Crippen molar-refractivity contribution < 1.29 is 9.18 Å². The topological polar surface area (TPSA) is 46.1 Å². The van der Waals surface area contributed by atoms with Gasteiger partial charge in [-0.25, -0.2) is 4.39 Å². The van der Waals surface area contributed by atoms with E-state index in [2.05, 4.69) is 34.5 Å². The van der Waals surface area contributed by atoms with Crippen LogP contribution in [0.1, 0.15) is 18.4 Å². The fourth-order valence-electron chi connectivity index (χ4n) is 3.73. The van der Waals surface area contributed by atoms with Crippen LogP contribution in [0.3, 0.4) is 0 Å². The maximum Gasteiger partial charge on any atom is 0.232 e. The van der Waals surface area contributed by atoms with Gasteiger partial charge in [-0.3, -0.25) is 4.79 Å². The largest absolute Gasteiger partial charge is 0.342 e. The fraction of sp³-hybridized carbons (Fsp3) is 0.292. The third kappa shape index (κ3) is 5.45. The summed E-state index contributed by atoms with van der Waals surface area (Å²) in [6.07, 6.45) is 3.20. The number of halogens is 1. The molecule has 2 heterocycles. The Balaban J connectivity index is 1.23. The summed E-state index contributed by atoms with van der Waals surface area (Å²) in [5.74, 6) is 0.895. The number of carbonyl (C=O) groups is 1. The Morgan fingerprint density at radius 3 is 2.37 bits per heavy atom. The highest BCUT2D eigenvalue weighted by atomic mass is 32.2. The average molecular weight is 422 g/mol. The normalized spacial score (nSPS) is 14.6. The van der Waals surface area contributed by atoms with E-state index in [0.717, 1.165) is 37.9 Å². The molecule has 0 bridgehead atoms. The zero-order chi connectivity index (χ0) is 20.8. The fourth-order valence-corrected chi connectivity index (χ4v) is 4.45. The van der Waals surface area contributed by atoms with Crippen LogP contribution in [0, 0.1) is 11.7 Å². The Hall–Kier alpha value is -2.73. The summed E-state index contributed by atoms with van der Waals surface area (Å²) in [7, 11) is 0. The molecule has 0 radical (unpaired) electrons. The molecular weight excluding hydrogens is 397 g/mol. The van der Waals surface area contributed by atoms with Crippen LogP contribution in [0.5, 0.6) is 0 Å². The summed E-state index contributed by atoms with van der Waals surface area (Å²) in [5, 5.41) is 9.12. The van der Waals surface area contributed by atoms with Gasteiger partial charge in [0.15, 0.2) is 0 Å². The molecule has 0 atom stereocenters. The molecule has 1 fully saturated rings. The zero-order valence-electron chi connectivity index (χ0n) is 16.7. The molecule has 0 spiro atoms. The molecule has 0 saturated carbocycles. The number of rotatable bonds is 6. The second kappa shape index (κ2) is 9.85. The van der Waals surface area contributed by atoms with Crippen molar-refractivity contribution in [2.75, 3.05) is 18.8 Å². The first kappa shape index (κ1) is 20.5. The molecule has 0 aliphatic carbocycles. The summed E-state index contributed by atoms with van der Waals surface area (Å²) in [5.41, 5.74) is 2.88. The van der Waals surface area contributed by atoms with Crippen molar-refractivity contribution in [1.29, 1.82) is 0 Å². The molecule has 0 unspecified atom stereocenters. The Morgan fingerprint density at radius 1 is 0.967 bits per heavy atom. The molecular formula is C24H24FN3OS. The smallest absolute Gasteiger partial charge is 0.232 e. The van der Waals surface area contributed by atoms with Gasteiger partial charge >= 0.3 is 0 Å². The monoisotopic (exact) mass is 421 g/mol. The van der Waals surface area contributed by atoms with Crippen molar-refractivity contribution in [3.05, 3.63) is 78.1 Å². The molecule has 3 aromatic rings. The van der Waals surface area contributed by atoms with Gasteiger partial charge in [-0.05, 0) is 67.1 Å². The molecule has 154 valence electrons. The average Bonchev–Trinajstić information content (AvgIpc) is 2.80. The first-order chi connectivity index (χ1) is 14.7. The maximum atomic E-state index is 13.0. The minimum Gasteiger partial charge on any atom is -0.342 e. The molecule has 1 amide bonds. The Labute approximate surface area is 180 Å². The summed E-state index contributed by atoms with van der Waals surface area (Å²) in [4.78, 5) is 14.5. The molecule has 30 heavy (non-hydrogen) atoms. The van der Waals surface area contributed by atoms with Crippen LogP contribution in [0.25, 0.3) is 11.3 Å². The lowest BCUT2D eigenvalue weighted by atomic mass is 9.90. The van der Waals surface area contributed by atoms with E-state index in [0.29, 0.717) is 22.4 Å². The number of hydrogen-bond donors (Lipinski definition) is 0. The predicted octanol–water partition coefficient (Wildman–Crippen LogP) is 4.86. The van der Waals surface area contributed by atoms with Gasteiger partial charge in [0.25, 0.3) is 0 Å².